The number of hydrogen-bond donors (Lipinski definition) is 1. The average Bonchev–Trinajstić information content (AvgIpc) is 3.17. The Morgan fingerprint density at radius 2 is 1.90 bits per heavy atom. The molecule has 2 rings (SSSR count). The van der Waals surface area contributed by atoms with Crippen molar-refractivity contribution in [1.82, 2.24) is 10.5 Å². The van der Waals surface area contributed by atoms with Crippen molar-refractivity contribution in [2.24, 2.45) is 5.92 Å². The minimum absolute atomic E-state index is 0.148. The third-order valence-electron chi connectivity index (χ3n) is 5.03. The highest BCUT2D eigenvalue weighted by Crippen LogP contribution is 2.32. The van der Waals surface area contributed by atoms with E-state index in [2.05, 4.69) is 11.6 Å². The molecule has 2 atom stereocenters. The number of sulfonamides is 1. The lowest BCUT2D eigenvalue weighted by atomic mass is 10.00. The number of halogens is 3. The normalized spacial score (nSPS) is 14.6. The molecule has 0 aliphatic heterocycles. The maximum atomic E-state index is 12.9. The summed E-state index contributed by atoms with van der Waals surface area (Å²) in [5.74, 6) is 0.290. The van der Waals surface area contributed by atoms with Crippen LogP contribution in [0.2, 0.25) is 0 Å². The van der Waals surface area contributed by atoms with Gasteiger partial charge in [0.15, 0.2) is 0 Å². The van der Waals surface area contributed by atoms with Crippen LogP contribution in [0.15, 0.2) is 40.6 Å². The van der Waals surface area contributed by atoms with Gasteiger partial charge in [-0.1, -0.05) is 45.2 Å². The van der Waals surface area contributed by atoms with Crippen molar-refractivity contribution in [2.45, 2.75) is 62.4 Å². The maximum absolute atomic E-state index is 12.9. The van der Waals surface area contributed by atoms with Crippen LogP contribution in [0.1, 0.15) is 61.6 Å². The minimum atomic E-state index is -4.46. The topological polar surface area (TPSA) is 70.0 Å². The van der Waals surface area contributed by atoms with Gasteiger partial charge in [-0.2, -0.15) is 13.2 Å². The first kappa shape index (κ1) is 24.8. The summed E-state index contributed by atoms with van der Waals surface area (Å²) in [6.45, 7) is 4.53. The van der Waals surface area contributed by atoms with Gasteiger partial charge >= 0.3 is 6.18 Å². The van der Waals surface area contributed by atoms with E-state index >= 15 is 0 Å². The highest BCUT2D eigenvalue weighted by molar-refractivity contribution is 7.91. The molecule has 0 amide bonds. The van der Waals surface area contributed by atoms with Crippen LogP contribution >= 0.6 is 11.3 Å². The van der Waals surface area contributed by atoms with Gasteiger partial charge in [-0.25, -0.2) is 18.9 Å². The second-order valence-corrected chi connectivity index (χ2v) is 10.5. The third kappa shape index (κ3) is 7.08. The molecule has 0 aliphatic rings. The summed E-state index contributed by atoms with van der Waals surface area (Å²) in [5.41, 5.74) is 7.68. The van der Waals surface area contributed by atoms with Gasteiger partial charge in [0.25, 0.3) is 0 Å². The SMILES string of the molecule is CCCCC(CC)CNS(=O)(=O)c1ccc(CC([NH])c2cccc(C(F)(F)F)c2)s1. The van der Waals surface area contributed by atoms with Gasteiger partial charge in [-0.3, -0.25) is 0 Å². The molecule has 0 fully saturated rings. The van der Waals surface area contributed by atoms with Gasteiger partial charge in [-0.05, 0) is 42.2 Å². The molecule has 2 unspecified atom stereocenters. The first-order valence-corrected chi connectivity index (χ1v) is 12.3. The molecule has 0 saturated carbocycles. The molecular weight excluding hydrogens is 433 g/mol. The van der Waals surface area contributed by atoms with Crippen molar-refractivity contribution < 1.29 is 21.6 Å². The van der Waals surface area contributed by atoms with E-state index in [0.717, 1.165) is 49.2 Å². The van der Waals surface area contributed by atoms with Gasteiger partial charge in [0.1, 0.15) is 4.21 Å². The zero-order valence-corrected chi connectivity index (χ0v) is 18.8. The summed E-state index contributed by atoms with van der Waals surface area (Å²) in [6.07, 6.45) is -0.311. The Bertz CT molecular complexity index is 911. The van der Waals surface area contributed by atoms with E-state index in [0.29, 0.717) is 11.4 Å². The zero-order valence-electron chi connectivity index (χ0n) is 17.1. The Morgan fingerprint density at radius 1 is 1.17 bits per heavy atom. The van der Waals surface area contributed by atoms with Gasteiger partial charge in [0.05, 0.1) is 11.6 Å². The number of rotatable bonds is 11. The molecule has 167 valence electrons. The van der Waals surface area contributed by atoms with Crippen molar-refractivity contribution >= 4 is 21.4 Å². The lowest BCUT2D eigenvalue weighted by Crippen LogP contribution is -2.28. The summed E-state index contributed by atoms with van der Waals surface area (Å²) in [4.78, 5) is 0.644. The Balaban J connectivity index is 2.03. The molecule has 0 saturated heterocycles. The van der Waals surface area contributed by atoms with Gasteiger partial charge in [0, 0.05) is 17.8 Å². The highest BCUT2D eigenvalue weighted by atomic mass is 32.2. The maximum Gasteiger partial charge on any atom is 0.416 e. The molecule has 1 aromatic heterocycles. The Morgan fingerprint density at radius 3 is 2.53 bits per heavy atom. The van der Waals surface area contributed by atoms with Gasteiger partial charge in [-0.15, -0.1) is 11.3 Å². The largest absolute Gasteiger partial charge is 0.416 e. The molecule has 0 bridgehead atoms. The number of benzene rings is 1. The summed E-state index contributed by atoms with van der Waals surface area (Å²) >= 11 is 1.06. The first-order valence-electron chi connectivity index (χ1n) is 10.0. The van der Waals surface area contributed by atoms with E-state index in [1.54, 1.807) is 6.07 Å². The van der Waals surface area contributed by atoms with Crippen LogP contribution in [-0.2, 0) is 22.6 Å². The highest BCUT2D eigenvalue weighted by Gasteiger charge is 2.31. The van der Waals surface area contributed by atoms with Crippen LogP contribution < -0.4 is 10.5 Å². The van der Waals surface area contributed by atoms with Crippen LogP contribution in [0, 0.1) is 5.92 Å². The Hall–Kier alpha value is -1.42. The van der Waals surface area contributed by atoms with Crippen LogP contribution in [0.5, 0.6) is 0 Å². The van der Waals surface area contributed by atoms with Crippen molar-refractivity contribution in [3.8, 4) is 0 Å². The lowest BCUT2D eigenvalue weighted by Gasteiger charge is -2.15. The average molecular weight is 462 g/mol. The second kappa shape index (κ2) is 10.7. The number of hydrogen-bond acceptors (Lipinski definition) is 3. The van der Waals surface area contributed by atoms with Crippen LogP contribution in [0.3, 0.4) is 0 Å². The molecule has 1 heterocycles. The fraction of sp³-hybridized carbons (Fsp3) is 0.524. The number of thiophene rings is 1. The Kier molecular flexibility index (Phi) is 8.90. The first-order chi connectivity index (χ1) is 14.1. The molecule has 9 heteroatoms. The van der Waals surface area contributed by atoms with Crippen molar-refractivity contribution in [2.75, 3.05) is 6.54 Å². The summed E-state index contributed by atoms with van der Waals surface area (Å²) in [6, 6.07) is 6.94. The third-order valence-corrected chi connectivity index (χ3v) is 8.05. The van der Waals surface area contributed by atoms with E-state index in [9.17, 15) is 21.6 Å². The minimum Gasteiger partial charge on any atom is -0.249 e. The van der Waals surface area contributed by atoms with E-state index in [4.69, 9.17) is 5.73 Å². The van der Waals surface area contributed by atoms with E-state index in [1.807, 2.05) is 6.92 Å². The van der Waals surface area contributed by atoms with Crippen LogP contribution in [-0.4, -0.2) is 15.0 Å². The van der Waals surface area contributed by atoms with Crippen LogP contribution in [0.25, 0.3) is 0 Å². The van der Waals surface area contributed by atoms with Gasteiger partial charge < -0.3 is 0 Å². The molecule has 4 nitrogen and oxygen atoms in total. The predicted molar refractivity (Wildman–Crippen MR) is 114 cm³/mol. The molecule has 2 aromatic rings. The molecule has 1 radical (unpaired) electrons. The fourth-order valence-electron chi connectivity index (χ4n) is 3.11. The summed E-state index contributed by atoms with van der Waals surface area (Å²) in [7, 11) is -3.64. The smallest absolute Gasteiger partial charge is 0.249 e. The van der Waals surface area contributed by atoms with Crippen LogP contribution in [0.4, 0.5) is 13.2 Å². The molecular formula is C21H28F3N2O2S2. The quantitative estimate of drug-likeness (QED) is 0.457. The second-order valence-electron chi connectivity index (χ2n) is 7.37. The number of nitrogens with one attached hydrogen (secondary N) is 2. The molecule has 30 heavy (non-hydrogen) atoms. The van der Waals surface area contributed by atoms with Crippen molar-refractivity contribution in [1.29, 1.82) is 0 Å². The standard InChI is InChI=1S/C21H28F3N2O2S2/c1-3-5-7-15(4-2)14-26-30(27,28)20-11-10-18(29-20)13-19(25)16-8-6-9-17(12-16)21(22,23)24/h6,8-12,15,19,25-26H,3-5,7,13-14H2,1-2H3. The lowest BCUT2D eigenvalue weighted by molar-refractivity contribution is -0.137. The predicted octanol–water partition coefficient (Wildman–Crippen LogP) is 5.83. The van der Waals surface area contributed by atoms with Crippen molar-refractivity contribution in [3.05, 3.63) is 52.4 Å². The van der Waals surface area contributed by atoms with E-state index in [-0.39, 0.29) is 22.1 Å². The molecule has 0 spiro atoms. The number of alkyl halides is 3. The summed E-state index contributed by atoms with van der Waals surface area (Å²) in [5, 5.41) is 0. The molecule has 0 aliphatic carbocycles. The number of unbranched alkanes of at least 4 members (excludes halogenated alkanes) is 1. The Labute approximate surface area is 180 Å². The van der Waals surface area contributed by atoms with Gasteiger partial charge in [0.2, 0.25) is 10.0 Å². The van der Waals surface area contributed by atoms with Crippen molar-refractivity contribution in [3.63, 3.8) is 0 Å². The van der Waals surface area contributed by atoms with E-state index < -0.39 is 27.8 Å². The fourth-order valence-corrected chi connectivity index (χ4v) is 5.67. The molecule has 2 N–H and O–H groups in total. The zero-order chi connectivity index (χ0) is 22.4. The monoisotopic (exact) mass is 461 g/mol. The molecule has 1 aromatic carbocycles. The van der Waals surface area contributed by atoms with E-state index in [1.165, 1.54) is 18.2 Å². The summed E-state index contributed by atoms with van der Waals surface area (Å²) < 4.78 is 66.6.